The maximum Gasteiger partial charge on any atom is 0.155 e. The van der Waals surface area contributed by atoms with Crippen molar-refractivity contribution < 1.29 is 0 Å². The van der Waals surface area contributed by atoms with Crippen molar-refractivity contribution in [1.82, 2.24) is 34.4 Å². The molecule has 178 valence electrons. The van der Waals surface area contributed by atoms with Crippen LogP contribution in [0.4, 0.5) is 0 Å². The van der Waals surface area contributed by atoms with Crippen LogP contribution in [0, 0.1) is 12.8 Å². The smallest absolute Gasteiger partial charge is 0.155 e. The molecule has 2 unspecified atom stereocenters. The number of imidazole rings is 1. The van der Waals surface area contributed by atoms with E-state index in [1.807, 2.05) is 37.4 Å². The zero-order valence-electron chi connectivity index (χ0n) is 20.9. The van der Waals surface area contributed by atoms with E-state index in [0.717, 1.165) is 46.4 Å². The Balaban J connectivity index is 1.58. The number of rotatable bonds is 5. The largest absolute Gasteiger partial charge is 0.339 e. The van der Waals surface area contributed by atoms with Crippen LogP contribution in [0.2, 0.25) is 0 Å². The van der Waals surface area contributed by atoms with Gasteiger partial charge in [0.15, 0.2) is 5.65 Å². The number of pyridine rings is 2. The zero-order chi connectivity index (χ0) is 23.9. The van der Waals surface area contributed by atoms with Gasteiger partial charge in [0.1, 0.15) is 12.2 Å². The predicted octanol–water partition coefficient (Wildman–Crippen LogP) is 5.67. The molecule has 0 amide bonds. The number of aromatic amines is 1. The van der Waals surface area contributed by atoms with E-state index >= 15 is 0 Å². The van der Waals surface area contributed by atoms with Crippen molar-refractivity contribution >= 4 is 5.65 Å². The fourth-order valence-corrected chi connectivity index (χ4v) is 5.30. The van der Waals surface area contributed by atoms with E-state index in [4.69, 9.17) is 9.97 Å². The topological polar surface area (TPSA) is 75.0 Å². The van der Waals surface area contributed by atoms with E-state index in [1.165, 1.54) is 25.7 Å². The Labute approximate surface area is 201 Å². The average molecular weight is 458 g/mol. The molecule has 0 aromatic carbocycles. The normalized spacial score (nSPS) is 19.2. The molecule has 0 radical (unpaired) electrons. The highest BCUT2D eigenvalue weighted by Crippen LogP contribution is 2.35. The molecule has 5 rings (SSSR count). The third-order valence-electron chi connectivity index (χ3n) is 7.09. The molecule has 1 aliphatic rings. The van der Waals surface area contributed by atoms with Gasteiger partial charge in [0, 0.05) is 29.0 Å². The number of hydrogen-bond donors (Lipinski definition) is 1. The Morgan fingerprint density at radius 2 is 1.91 bits per heavy atom. The fraction of sp³-hybridized carbons (Fsp3) is 0.481. The first-order valence-electron chi connectivity index (χ1n) is 12.4. The second-order valence-electron chi connectivity index (χ2n) is 10.7. The van der Waals surface area contributed by atoms with Crippen LogP contribution in [0.3, 0.4) is 0 Å². The third-order valence-corrected chi connectivity index (χ3v) is 7.09. The van der Waals surface area contributed by atoms with Crippen LogP contribution in [0.1, 0.15) is 64.9 Å². The summed E-state index contributed by atoms with van der Waals surface area (Å²) >= 11 is 0. The molecule has 4 aromatic rings. The fourth-order valence-electron chi connectivity index (χ4n) is 5.30. The van der Waals surface area contributed by atoms with Crippen LogP contribution >= 0.6 is 0 Å². The molecule has 7 nitrogen and oxygen atoms in total. The number of fused-ring (bicyclic) bond motifs is 1. The Morgan fingerprint density at radius 1 is 1.09 bits per heavy atom. The van der Waals surface area contributed by atoms with Gasteiger partial charge in [-0.1, -0.05) is 25.8 Å². The molecular formula is C27H35N7. The average Bonchev–Trinajstić information content (AvgIpc) is 3.44. The lowest BCUT2D eigenvalue weighted by molar-refractivity contribution is 0.0226. The Kier molecular flexibility index (Phi) is 5.98. The van der Waals surface area contributed by atoms with E-state index in [1.54, 1.807) is 10.8 Å². The maximum absolute atomic E-state index is 5.15. The molecule has 0 saturated heterocycles. The molecule has 0 spiro atoms. The molecule has 1 saturated carbocycles. The van der Waals surface area contributed by atoms with Gasteiger partial charge in [-0.3, -0.25) is 9.88 Å². The standard InChI is InChI=1S/C27H35N7/c1-18-9-6-7-12-22(18)33(27(3,4)5)16-23-31-25(20-13-14-24-28-17-29-34(24)15-20)26(32-23)21-11-8-10-19(2)30-21/h8,10-11,13-15,17-18,22H,6-7,9,12,16H2,1-5H3,(H,31,32). The molecule has 0 bridgehead atoms. The van der Waals surface area contributed by atoms with E-state index in [0.29, 0.717) is 12.0 Å². The Hall–Kier alpha value is -3.06. The number of nitrogens with zero attached hydrogens (tertiary/aromatic N) is 6. The minimum absolute atomic E-state index is 0.0462. The molecule has 2 atom stereocenters. The molecule has 0 aliphatic heterocycles. The number of hydrogen-bond acceptors (Lipinski definition) is 5. The van der Waals surface area contributed by atoms with E-state index in [-0.39, 0.29) is 5.54 Å². The minimum Gasteiger partial charge on any atom is -0.339 e. The van der Waals surface area contributed by atoms with Gasteiger partial charge in [-0.2, -0.15) is 5.10 Å². The number of aromatic nitrogens is 6. The monoisotopic (exact) mass is 457 g/mol. The van der Waals surface area contributed by atoms with E-state index in [2.05, 4.69) is 53.7 Å². The van der Waals surface area contributed by atoms with Gasteiger partial charge in [-0.15, -0.1) is 0 Å². The number of H-pyrrole nitrogens is 1. The maximum atomic E-state index is 5.15. The third kappa shape index (κ3) is 4.49. The second kappa shape index (κ2) is 8.95. The van der Waals surface area contributed by atoms with Crippen LogP contribution < -0.4 is 0 Å². The van der Waals surface area contributed by atoms with Crippen LogP contribution in [0.25, 0.3) is 28.3 Å². The number of nitrogens with one attached hydrogen (secondary N) is 1. The summed E-state index contributed by atoms with van der Waals surface area (Å²) in [5.41, 5.74) is 5.59. The highest BCUT2D eigenvalue weighted by Gasteiger charge is 2.34. The van der Waals surface area contributed by atoms with E-state index < -0.39 is 0 Å². The predicted molar refractivity (Wildman–Crippen MR) is 135 cm³/mol. The van der Waals surface area contributed by atoms with Crippen molar-refractivity contribution in [2.75, 3.05) is 0 Å². The second-order valence-corrected chi connectivity index (χ2v) is 10.7. The lowest BCUT2D eigenvalue weighted by Gasteiger charge is -2.45. The quantitative estimate of drug-likeness (QED) is 0.418. The van der Waals surface area contributed by atoms with Crippen molar-refractivity contribution in [1.29, 1.82) is 0 Å². The number of aryl methyl sites for hydroxylation is 1. The van der Waals surface area contributed by atoms with Crippen molar-refractivity contribution in [2.24, 2.45) is 5.92 Å². The lowest BCUT2D eigenvalue weighted by Crippen LogP contribution is -2.51. The SMILES string of the molecule is Cc1cccc(-c2[nH]c(CN(C3CCCCC3C)C(C)(C)C)nc2-c2ccc3ncnn3c2)n1. The Bertz CT molecular complexity index is 1280. The molecular weight excluding hydrogens is 422 g/mol. The summed E-state index contributed by atoms with van der Waals surface area (Å²) < 4.78 is 1.79. The highest BCUT2D eigenvalue weighted by molar-refractivity contribution is 5.77. The molecule has 1 N–H and O–H groups in total. The van der Waals surface area contributed by atoms with Crippen molar-refractivity contribution in [3.63, 3.8) is 0 Å². The van der Waals surface area contributed by atoms with Crippen molar-refractivity contribution in [3.05, 3.63) is 54.4 Å². The summed E-state index contributed by atoms with van der Waals surface area (Å²) in [7, 11) is 0. The zero-order valence-corrected chi connectivity index (χ0v) is 20.9. The van der Waals surface area contributed by atoms with Crippen molar-refractivity contribution in [3.8, 4) is 22.6 Å². The van der Waals surface area contributed by atoms with Gasteiger partial charge >= 0.3 is 0 Å². The van der Waals surface area contributed by atoms with Gasteiger partial charge < -0.3 is 4.98 Å². The van der Waals surface area contributed by atoms with Gasteiger partial charge in [0.05, 0.1) is 23.6 Å². The minimum atomic E-state index is 0.0462. The molecule has 1 aliphatic carbocycles. The van der Waals surface area contributed by atoms with Gasteiger partial charge in [0.25, 0.3) is 0 Å². The molecule has 7 heteroatoms. The van der Waals surface area contributed by atoms with Crippen LogP contribution in [-0.2, 0) is 6.54 Å². The highest BCUT2D eigenvalue weighted by atomic mass is 15.3. The van der Waals surface area contributed by atoms with Gasteiger partial charge in [-0.05, 0) is 70.7 Å². The van der Waals surface area contributed by atoms with Crippen molar-refractivity contribution in [2.45, 2.75) is 78.4 Å². The molecule has 4 aromatic heterocycles. The molecule has 34 heavy (non-hydrogen) atoms. The Morgan fingerprint density at radius 3 is 2.68 bits per heavy atom. The van der Waals surface area contributed by atoms with E-state index in [9.17, 15) is 0 Å². The molecule has 1 fully saturated rings. The first-order chi connectivity index (χ1) is 16.3. The summed E-state index contributed by atoms with van der Waals surface area (Å²) in [6.45, 7) is 12.2. The first-order valence-corrected chi connectivity index (χ1v) is 12.4. The summed E-state index contributed by atoms with van der Waals surface area (Å²) in [5.74, 6) is 1.66. The van der Waals surface area contributed by atoms with Gasteiger partial charge in [0.2, 0.25) is 0 Å². The van der Waals surface area contributed by atoms with Crippen LogP contribution in [0.15, 0.2) is 42.9 Å². The summed E-state index contributed by atoms with van der Waals surface area (Å²) in [6, 6.07) is 10.7. The lowest BCUT2D eigenvalue weighted by atomic mass is 9.83. The summed E-state index contributed by atoms with van der Waals surface area (Å²) in [5, 5.41) is 4.32. The summed E-state index contributed by atoms with van der Waals surface area (Å²) in [4.78, 5) is 20.5. The molecule has 4 heterocycles. The summed E-state index contributed by atoms with van der Waals surface area (Å²) in [6.07, 6.45) is 8.77. The van der Waals surface area contributed by atoms with Gasteiger partial charge in [-0.25, -0.2) is 14.5 Å². The van der Waals surface area contributed by atoms with Crippen LogP contribution in [-0.4, -0.2) is 46.0 Å². The van der Waals surface area contributed by atoms with Crippen LogP contribution in [0.5, 0.6) is 0 Å². The first kappa shape index (κ1) is 22.7.